The quantitative estimate of drug-likeness (QED) is 0.523. The number of carbonyl (C=O) groups excluding carboxylic acids is 1. The van der Waals surface area contributed by atoms with Crippen LogP contribution in [0.1, 0.15) is 10.4 Å². The summed E-state index contributed by atoms with van der Waals surface area (Å²) in [6.07, 6.45) is 1.51. The van der Waals surface area contributed by atoms with Crippen LogP contribution in [-0.4, -0.2) is 37.2 Å². The van der Waals surface area contributed by atoms with E-state index in [1.54, 1.807) is 6.07 Å². The third-order valence-electron chi connectivity index (χ3n) is 3.69. The number of ether oxygens (including phenoxy) is 1. The minimum atomic E-state index is -2.04. The van der Waals surface area contributed by atoms with Crippen molar-refractivity contribution in [2.45, 2.75) is 0 Å². The van der Waals surface area contributed by atoms with Crippen molar-refractivity contribution in [3.63, 3.8) is 0 Å². The van der Waals surface area contributed by atoms with Gasteiger partial charge in [0.25, 0.3) is 5.91 Å². The van der Waals surface area contributed by atoms with E-state index < -0.39 is 34.7 Å². The Morgan fingerprint density at radius 1 is 1.12 bits per heavy atom. The third kappa shape index (κ3) is 3.41. The number of nitrogens with one attached hydrogen (secondary N) is 1. The number of halogens is 4. The van der Waals surface area contributed by atoms with E-state index in [0.29, 0.717) is 38.2 Å². The first-order valence-corrected chi connectivity index (χ1v) is 7.41. The fraction of sp³-hybridized carbons (Fsp3) is 0.250. The minimum Gasteiger partial charge on any atom is -0.378 e. The van der Waals surface area contributed by atoms with Crippen molar-refractivity contribution in [1.82, 2.24) is 4.98 Å². The second-order valence-corrected chi connectivity index (χ2v) is 5.28. The average molecular weight is 355 g/mol. The molecule has 0 saturated carbocycles. The van der Waals surface area contributed by atoms with E-state index in [1.165, 1.54) is 12.3 Å². The van der Waals surface area contributed by atoms with Gasteiger partial charge in [0.2, 0.25) is 0 Å². The van der Waals surface area contributed by atoms with Crippen LogP contribution >= 0.6 is 0 Å². The summed E-state index contributed by atoms with van der Waals surface area (Å²) in [7, 11) is 0. The zero-order valence-electron chi connectivity index (χ0n) is 12.9. The van der Waals surface area contributed by atoms with Crippen LogP contribution in [0.2, 0.25) is 0 Å². The summed E-state index contributed by atoms with van der Waals surface area (Å²) in [6, 6.07) is 3.37. The average Bonchev–Trinajstić information content (AvgIpc) is 2.64. The van der Waals surface area contributed by atoms with Crippen molar-refractivity contribution in [2.75, 3.05) is 36.5 Å². The Labute approximate surface area is 140 Å². The van der Waals surface area contributed by atoms with Crippen LogP contribution in [0.5, 0.6) is 0 Å². The van der Waals surface area contributed by atoms with E-state index in [4.69, 9.17) is 4.74 Å². The van der Waals surface area contributed by atoms with Crippen LogP contribution < -0.4 is 10.2 Å². The number of pyridine rings is 1. The van der Waals surface area contributed by atoms with Crippen molar-refractivity contribution in [2.24, 2.45) is 0 Å². The molecule has 1 aliphatic rings. The van der Waals surface area contributed by atoms with Gasteiger partial charge in [0.05, 0.1) is 24.5 Å². The normalized spacial score (nSPS) is 14.5. The largest absolute Gasteiger partial charge is 0.378 e. The van der Waals surface area contributed by atoms with Crippen molar-refractivity contribution in [1.29, 1.82) is 0 Å². The van der Waals surface area contributed by atoms with E-state index in [2.05, 4.69) is 10.3 Å². The smallest absolute Gasteiger partial charge is 0.258 e. The minimum absolute atomic E-state index is 0.235. The molecule has 1 N–H and O–H groups in total. The van der Waals surface area contributed by atoms with Crippen LogP contribution in [0.15, 0.2) is 24.4 Å². The molecule has 3 rings (SSSR count). The zero-order chi connectivity index (χ0) is 18.0. The first-order chi connectivity index (χ1) is 12.0. The summed E-state index contributed by atoms with van der Waals surface area (Å²) in [4.78, 5) is 18.2. The van der Waals surface area contributed by atoms with Crippen LogP contribution in [0.25, 0.3) is 0 Å². The molecule has 132 valence electrons. The number of hydrogen-bond acceptors (Lipinski definition) is 4. The number of nitrogens with zero attached hydrogens (tertiary/aromatic N) is 2. The third-order valence-corrected chi connectivity index (χ3v) is 3.69. The zero-order valence-corrected chi connectivity index (χ0v) is 12.9. The molecule has 1 aromatic heterocycles. The second kappa shape index (κ2) is 7.06. The molecule has 0 bridgehead atoms. The van der Waals surface area contributed by atoms with E-state index in [1.807, 2.05) is 4.90 Å². The van der Waals surface area contributed by atoms with Crippen molar-refractivity contribution >= 4 is 17.4 Å². The molecule has 9 heteroatoms. The number of amides is 1. The molecule has 5 nitrogen and oxygen atoms in total. The van der Waals surface area contributed by atoms with Crippen LogP contribution in [0.3, 0.4) is 0 Å². The van der Waals surface area contributed by atoms with Gasteiger partial charge in [-0.1, -0.05) is 0 Å². The maximum absolute atomic E-state index is 13.8. The molecule has 2 heterocycles. The molecule has 1 aromatic carbocycles. The molecule has 1 amide bonds. The summed E-state index contributed by atoms with van der Waals surface area (Å²) in [5, 5.41) is 2.36. The molecule has 0 radical (unpaired) electrons. The standard InChI is InChI=1S/C16H13F4N3O2/c17-10-8-9(12(18)14(20)13(10)19)16(24)22-11-2-1-3-21-15(11)23-4-6-25-7-5-23/h1-3,8H,4-7H2,(H,22,24). The monoisotopic (exact) mass is 355 g/mol. The van der Waals surface area contributed by atoms with Crippen LogP contribution in [0.4, 0.5) is 29.1 Å². The SMILES string of the molecule is O=C(Nc1cccnc1N1CCOCC1)c1cc(F)c(F)c(F)c1F. The molecular weight excluding hydrogens is 342 g/mol. The van der Waals surface area contributed by atoms with Crippen LogP contribution in [-0.2, 0) is 4.74 Å². The van der Waals surface area contributed by atoms with Gasteiger partial charge in [0, 0.05) is 19.3 Å². The Bertz CT molecular complexity index is 810. The van der Waals surface area contributed by atoms with Gasteiger partial charge in [-0.2, -0.15) is 0 Å². The fourth-order valence-electron chi connectivity index (χ4n) is 2.45. The number of benzene rings is 1. The number of hydrogen-bond donors (Lipinski definition) is 1. The maximum atomic E-state index is 13.8. The molecule has 2 aromatic rings. The number of rotatable bonds is 3. The van der Waals surface area contributed by atoms with Gasteiger partial charge in [-0.25, -0.2) is 22.5 Å². The molecule has 0 unspecified atom stereocenters. The number of carbonyl (C=O) groups is 1. The topological polar surface area (TPSA) is 54.5 Å². The summed E-state index contributed by atoms with van der Waals surface area (Å²) in [5.41, 5.74) is -0.702. The van der Waals surface area contributed by atoms with Crippen molar-refractivity contribution in [3.05, 3.63) is 53.2 Å². The van der Waals surface area contributed by atoms with Crippen LogP contribution in [0, 0.1) is 23.3 Å². The van der Waals surface area contributed by atoms with Crippen molar-refractivity contribution < 1.29 is 27.1 Å². The predicted octanol–water partition coefficient (Wildman–Crippen LogP) is 2.73. The van der Waals surface area contributed by atoms with E-state index in [-0.39, 0.29) is 5.69 Å². The van der Waals surface area contributed by atoms with E-state index in [0.717, 1.165) is 0 Å². The van der Waals surface area contributed by atoms with Gasteiger partial charge in [-0.05, 0) is 18.2 Å². The molecule has 25 heavy (non-hydrogen) atoms. The molecule has 1 aliphatic heterocycles. The Hall–Kier alpha value is -2.68. The molecular formula is C16H13F4N3O2. The number of anilines is 2. The predicted molar refractivity (Wildman–Crippen MR) is 81.5 cm³/mol. The van der Waals surface area contributed by atoms with Gasteiger partial charge < -0.3 is 15.0 Å². The Morgan fingerprint density at radius 3 is 2.56 bits per heavy atom. The lowest BCUT2D eigenvalue weighted by Crippen LogP contribution is -2.37. The highest BCUT2D eigenvalue weighted by Crippen LogP contribution is 2.25. The molecule has 0 aliphatic carbocycles. The fourth-order valence-corrected chi connectivity index (χ4v) is 2.45. The first-order valence-electron chi connectivity index (χ1n) is 7.41. The summed E-state index contributed by atoms with van der Waals surface area (Å²) < 4.78 is 58.6. The molecule has 0 atom stereocenters. The summed E-state index contributed by atoms with van der Waals surface area (Å²) in [6.45, 7) is 2.03. The van der Waals surface area contributed by atoms with Gasteiger partial charge in [-0.3, -0.25) is 4.79 Å². The van der Waals surface area contributed by atoms with Gasteiger partial charge in [0.1, 0.15) is 0 Å². The lowest BCUT2D eigenvalue weighted by Gasteiger charge is -2.29. The van der Waals surface area contributed by atoms with Gasteiger partial charge in [-0.15, -0.1) is 0 Å². The van der Waals surface area contributed by atoms with Crippen molar-refractivity contribution in [3.8, 4) is 0 Å². The van der Waals surface area contributed by atoms with Gasteiger partial charge >= 0.3 is 0 Å². The molecule has 0 spiro atoms. The second-order valence-electron chi connectivity index (χ2n) is 5.28. The summed E-state index contributed by atoms with van der Waals surface area (Å²) >= 11 is 0. The number of aromatic nitrogens is 1. The highest BCUT2D eigenvalue weighted by Gasteiger charge is 2.24. The van der Waals surface area contributed by atoms with Gasteiger partial charge in [0.15, 0.2) is 29.1 Å². The highest BCUT2D eigenvalue weighted by atomic mass is 19.2. The summed E-state index contributed by atoms with van der Waals surface area (Å²) in [5.74, 6) is -8.11. The molecule has 1 fully saturated rings. The Balaban J connectivity index is 1.89. The highest BCUT2D eigenvalue weighted by molar-refractivity contribution is 6.05. The lowest BCUT2D eigenvalue weighted by molar-refractivity contribution is 0.102. The first kappa shape index (κ1) is 17.2. The maximum Gasteiger partial charge on any atom is 0.258 e. The van der Waals surface area contributed by atoms with E-state index in [9.17, 15) is 22.4 Å². The van der Waals surface area contributed by atoms with E-state index >= 15 is 0 Å². The Kier molecular flexibility index (Phi) is 4.84. The number of morpholine rings is 1. The Morgan fingerprint density at radius 2 is 1.84 bits per heavy atom. The lowest BCUT2D eigenvalue weighted by atomic mass is 10.1. The molecule has 1 saturated heterocycles.